The van der Waals surface area contributed by atoms with Crippen LogP contribution in [0.15, 0.2) is 47.3 Å². The highest BCUT2D eigenvalue weighted by atomic mass is 19.4. The molecule has 2 aliphatic rings. The largest absolute Gasteiger partial charge is 0.433 e. The van der Waals surface area contributed by atoms with Gasteiger partial charge in [-0.05, 0) is 54.0 Å². The number of nitrogens with zero attached hydrogens (tertiary/aromatic N) is 3. The van der Waals surface area contributed by atoms with Gasteiger partial charge in [-0.3, -0.25) is 10.4 Å². The molecule has 2 aromatic rings. The predicted molar refractivity (Wildman–Crippen MR) is 99.9 cm³/mol. The van der Waals surface area contributed by atoms with Gasteiger partial charge in [0.05, 0.1) is 0 Å². The second-order valence-corrected chi connectivity index (χ2v) is 7.09. The summed E-state index contributed by atoms with van der Waals surface area (Å²) in [4.78, 5) is 3.58. The molecule has 2 heterocycles. The first-order valence-electron chi connectivity index (χ1n) is 9.03. The summed E-state index contributed by atoms with van der Waals surface area (Å²) in [5, 5.41) is 13.3. The molecule has 1 aromatic carbocycles. The van der Waals surface area contributed by atoms with E-state index in [2.05, 4.69) is 27.6 Å². The molecule has 1 saturated carbocycles. The molecule has 0 amide bonds. The minimum absolute atomic E-state index is 0.391. The predicted octanol–water partition coefficient (Wildman–Crippen LogP) is 4.93. The maximum atomic E-state index is 12.8. The van der Waals surface area contributed by atoms with Crippen LogP contribution in [-0.4, -0.2) is 11.2 Å². The van der Waals surface area contributed by atoms with Crippen LogP contribution in [0.2, 0.25) is 0 Å². The standard InChI is InChI=1S/C21H17F3N4/c22-21(23,24)20-4-3-15(12-26-20)16-8-14(7-13-1-2-13)9-17(10-16)18-5-6-27-28-19(18)11-25/h3-4,6,8-10,12-13,28H,1-2,5,7H2. The number of allylic oxidation sites excluding steroid dienone is 2. The molecule has 0 bridgehead atoms. The lowest BCUT2D eigenvalue weighted by Gasteiger charge is -2.16. The Hall–Kier alpha value is -3.14. The number of nitriles is 1. The lowest BCUT2D eigenvalue weighted by atomic mass is 9.92. The molecule has 1 aliphatic carbocycles. The molecular weight excluding hydrogens is 365 g/mol. The normalized spacial score (nSPS) is 16.6. The van der Waals surface area contributed by atoms with E-state index in [-0.39, 0.29) is 0 Å². The van der Waals surface area contributed by atoms with Gasteiger partial charge >= 0.3 is 6.18 Å². The summed E-state index contributed by atoms with van der Waals surface area (Å²) in [6, 6.07) is 10.5. The molecule has 0 unspecified atom stereocenters. The van der Waals surface area contributed by atoms with Crippen molar-refractivity contribution in [2.45, 2.75) is 31.9 Å². The van der Waals surface area contributed by atoms with E-state index < -0.39 is 11.9 Å². The van der Waals surface area contributed by atoms with Crippen LogP contribution in [0.3, 0.4) is 0 Å². The minimum Gasteiger partial charge on any atom is -0.268 e. The van der Waals surface area contributed by atoms with Crippen LogP contribution in [0, 0.1) is 17.2 Å². The fraction of sp³-hybridized carbons (Fsp3) is 0.286. The van der Waals surface area contributed by atoms with Gasteiger partial charge in [0.25, 0.3) is 0 Å². The number of pyridine rings is 1. The topological polar surface area (TPSA) is 61.1 Å². The Morgan fingerprint density at radius 2 is 1.89 bits per heavy atom. The first kappa shape index (κ1) is 18.2. The number of benzene rings is 1. The second-order valence-electron chi connectivity index (χ2n) is 7.09. The smallest absolute Gasteiger partial charge is 0.268 e. The number of hydrazone groups is 1. The summed E-state index contributed by atoms with van der Waals surface area (Å²) in [5.41, 5.74) is 6.43. The highest BCUT2D eigenvalue weighted by molar-refractivity contribution is 5.86. The van der Waals surface area contributed by atoms with Crippen molar-refractivity contribution in [1.82, 2.24) is 10.4 Å². The van der Waals surface area contributed by atoms with Gasteiger partial charge in [0.1, 0.15) is 17.5 Å². The fourth-order valence-corrected chi connectivity index (χ4v) is 3.31. The zero-order chi connectivity index (χ0) is 19.7. The van der Waals surface area contributed by atoms with Crippen LogP contribution in [-0.2, 0) is 12.6 Å². The SMILES string of the molecule is N#CC1=C(c2cc(CC3CC3)cc(-c3ccc(C(F)(F)F)nc3)c2)CC=NN1. The molecule has 142 valence electrons. The summed E-state index contributed by atoms with van der Waals surface area (Å²) >= 11 is 0. The first-order chi connectivity index (χ1) is 13.4. The van der Waals surface area contributed by atoms with Crippen molar-refractivity contribution in [3.8, 4) is 17.2 Å². The number of nitrogens with one attached hydrogen (secondary N) is 1. The van der Waals surface area contributed by atoms with Gasteiger partial charge in [-0.1, -0.05) is 18.2 Å². The molecule has 1 N–H and O–H groups in total. The minimum atomic E-state index is -4.46. The second kappa shape index (κ2) is 7.12. The Bertz CT molecular complexity index is 994. The summed E-state index contributed by atoms with van der Waals surface area (Å²) in [6.45, 7) is 0. The van der Waals surface area contributed by atoms with E-state index >= 15 is 0 Å². The van der Waals surface area contributed by atoms with Gasteiger partial charge in [-0.2, -0.15) is 23.5 Å². The molecule has 0 atom stereocenters. The molecule has 1 aliphatic heterocycles. The third kappa shape index (κ3) is 3.91. The van der Waals surface area contributed by atoms with Crippen molar-refractivity contribution < 1.29 is 13.2 Å². The molecule has 1 fully saturated rings. The highest BCUT2D eigenvalue weighted by Gasteiger charge is 2.32. The van der Waals surface area contributed by atoms with Crippen LogP contribution in [0.5, 0.6) is 0 Å². The third-order valence-corrected chi connectivity index (χ3v) is 4.93. The maximum absolute atomic E-state index is 12.8. The molecule has 28 heavy (non-hydrogen) atoms. The van der Waals surface area contributed by atoms with Crippen LogP contribution in [0.25, 0.3) is 16.7 Å². The molecule has 0 saturated heterocycles. The quantitative estimate of drug-likeness (QED) is 0.815. The van der Waals surface area contributed by atoms with Gasteiger partial charge < -0.3 is 0 Å². The number of hydrogen-bond donors (Lipinski definition) is 1. The lowest BCUT2D eigenvalue weighted by Crippen LogP contribution is -2.12. The Labute approximate surface area is 160 Å². The Morgan fingerprint density at radius 3 is 2.54 bits per heavy atom. The number of halogens is 3. The molecule has 0 radical (unpaired) electrons. The van der Waals surface area contributed by atoms with Crippen molar-refractivity contribution in [3.05, 3.63) is 59.0 Å². The first-order valence-corrected chi connectivity index (χ1v) is 9.03. The summed E-state index contributed by atoms with van der Waals surface area (Å²) < 4.78 is 38.4. The monoisotopic (exact) mass is 382 g/mol. The van der Waals surface area contributed by atoms with E-state index in [1.54, 1.807) is 6.21 Å². The average Bonchev–Trinajstić information content (AvgIpc) is 3.51. The molecule has 7 heteroatoms. The number of rotatable bonds is 4. The van der Waals surface area contributed by atoms with Gasteiger partial charge in [-0.25, -0.2) is 0 Å². The van der Waals surface area contributed by atoms with E-state index in [1.165, 1.54) is 25.1 Å². The molecular formula is C21H17F3N4. The zero-order valence-electron chi connectivity index (χ0n) is 14.9. The van der Waals surface area contributed by atoms with Gasteiger partial charge in [-0.15, -0.1) is 0 Å². The van der Waals surface area contributed by atoms with Crippen LogP contribution >= 0.6 is 0 Å². The molecule has 4 nitrogen and oxygen atoms in total. The van der Waals surface area contributed by atoms with E-state index in [9.17, 15) is 18.4 Å². The van der Waals surface area contributed by atoms with Crippen LogP contribution < -0.4 is 5.43 Å². The molecule has 0 spiro atoms. The van der Waals surface area contributed by atoms with E-state index in [4.69, 9.17) is 0 Å². The maximum Gasteiger partial charge on any atom is 0.433 e. The summed E-state index contributed by atoms with van der Waals surface area (Å²) in [6.07, 6.45) is 2.33. The fourth-order valence-electron chi connectivity index (χ4n) is 3.31. The van der Waals surface area contributed by atoms with Gasteiger partial charge in [0, 0.05) is 30.0 Å². The third-order valence-electron chi connectivity index (χ3n) is 4.93. The Balaban J connectivity index is 1.76. The van der Waals surface area contributed by atoms with Gasteiger partial charge in [0.2, 0.25) is 0 Å². The van der Waals surface area contributed by atoms with Crippen LogP contribution in [0.1, 0.15) is 36.1 Å². The van der Waals surface area contributed by atoms with Crippen molar-refractivity contribution in [2.75, 3.05) is 0 Å². The van der Waals surface area contributed by atoms with E-state index in [1.807, 2.05) is 12.1 Å². The van der Waals surface area contributed by atoms with Crippen molar-refractivity contribution in [3.63, 3.8) is 0 Å². The zero-order valence-corrected chi connectivity index (χ0v) is 14.9. The molecule has 1 aromatic heterocycles. The molecule has 4 rings (SSSR count). The average molecular weight is 382 g/mol. The van der Waals surface area contributed by atoms with Crippen molar-refractivity contribution in [2.24, 2.45) is 11.0 Å². The lowest BCUT2D eigenvalue weighted by molar-refractivity contribution is -0.141. The number of aromatic nitrogens is 1. The van der Waals surface area contributed by atoms with Crippen molar-refractivity contribution in [1.29, 1.82) is 5.26 Å². The van der Waals surface area contributed by atoms with Gasteiger partial charge in [0.15, 0.2) is 0 Å². The summed E-state index contributed by atoms with van der Waals surface area (Å²) in [5.74, 6) is 0.657. The number of hydrogen-bond acceptors (Lipinski definition) is 4. The van der Waals surface area contributed by atoms with E-state index in [0.717, 1.165) is 34.8 Å². The Kier molecular flexibility index (Phi) is 4.63. The summed E-state index contributed by atoms with van der Waals surface area (Å²) in [7, 11) is 0. The van der Waals surface area contributed by atoms with Crippen molar-refractivity contribution >= 4 is 11.8 Å². The van der Waals surface area contributed by atoms with Crippen LogP contribution in [0.4, 0.5) is 13.2 Å². The Morgan fingerprint density at radius 1 is 1.11 bits per heavy atom. The van der Waals surface area contributed by atoms with E-state index in [0.29, 0.717) is 23.6 Å². The number of alkyl halides is 3. The highest BCUT2D eigenvalue weighted by Crippen LogP contribution is 2.36.